The van der Waals surface area contributed by atoms with Gasteiger partial charge in [0.25, 0.3) is 0 Å². The first-order chi connectivity index (χ1) is 8.63. The van der Waals surface area contributed by atoms with Crippen LogP contribution in [-0.4, -0.2) is 5.11 Å². The zero-order valence-corrected chi connectivity index (χ0v) is 13.9. The Morgan fingerprint density at radius 2 is 1.94 bits per heavy atom. The Morgan fingerprint density at radius 1 is 1.22 bits per heavy atom. The number of aliphatic hydroxyl groups excluding tert-OH is 1. The van der Waals surface area contributed by atoms with Gasteiger partial charge >= 0.3 is 0 Å². The van der Waals surface area contributed by atoms with E-state index in [1.54, 1.807) is 0 Å². The van der Waals surface area contributed by atoms with Crippen molar-refractivity contribution in [1.29, 1.82) is 0 Å². The van der Waals surface area contributed by atoms with Gasteiger partial charge in [0.15, 0.2) is 0 Å². The first kappa shape index (κ1) is 14.5. The van der Waals surface area contributed by atoms with Crippen LogP contribution in [0.2, 0.25) is 0 Å². The van der Waals surface area contributed by atoms with Gasteiger partial charge in [0, 0.05) is 8.95 Å². The van der Waals surface area contributed by atoms with E-state index in [0.717, 1.165) is 20.9 Å². The van der Waals surface area contributed by atoms with E-state index >= 15 is 0 Å². The van der Waals surface area contributed by atoms with Crippen molar-refractivity contribution in [2.24, 2.45) is 11.8 Å². The average Bonchev–Trinajstić information content (AvgIpc) is 2.41. The van der Waals surface area contributed by atoms with Gasteiger partial charge in [-0.25, -0.2) is 0 Å². The molecule has 1 aliphatic rings. The van der Waals surface area contributed by atoms with E-state index < -0.39 is 0 Å². The minimum atomic E-state index is -0.320. The Morgan fingerprint density at radius 3 is 2.61 bits per heavy atom. The molecule has 3 unspecified atom stereocenters. The quantitative estimate of drug-likeness (QED) is 0.743. The predicted octanol–water partition coefficient (Wildman–Crippen LogP) is 5.46. The Kier molecular flexibility index (Phi) is 5.28. The summed E-state index contributed by atoms with van der Waals surface area (Å²) < 4.78 is 2.05. The van der Waals surface area contributed by atoms with Gasteiger partial charge in [0.2, 0.25) is 0 Å². The van der Waals surface area contributed by atoms with Crippen LogP contribution in [0.25, 0.3) is 0 Å². The molecule has 0 spiro atoms. The van der Waals surface area contributed by atoms with Crippen molar-refractivity contribution in [1.82, 2.24) is 0 Å². The molecule has 18 heavy (non-hydrogen) atoms. The third-order valence-corrected chi connectivity index (χ3v) is 6.06. The maximum Gasteiger partial charge on any atom is 0.0821 e. The first-order valence-corrected chi connectivity index (χ1v) is 8.35. The molecule has 1 nitrogen and oxygen atoms in total. The Hall–Kier alpha value is 0.140. The molecule has 1 aliphatic carbocycles. The highest BCUT2D eigenvalue weighted by Crippen LogP contribution is 2.41. The van der Waals surface area contributed by atoms with E-state index in [1.807, 2.05) is 18.2 Å². The summed E-state index contributed by atoms with van der Waals surface area (Å²) in [6, 6.07) is 6.07. The van der Waals surface area contributed by atoms with Crippen LogP contribution < -0.4 is 0 Å². The van der Waals surface area contributed by atoms with Gasteiger partial charge in [0.1, 0.15) is 0 Å². The molecule has 1 aromatic rings. The van der Waals surface area contributed by atoms with Gasteiger partial charge in [-0.2, -0.15) is 0 Å². The van der Waals surface area contributed by atoms with E-state index in [1.165, 1.54) is 25.7 Å². The molecule has 0 heterocycles. The molecule has 100 valence electrons. The molecule has 1 saturated carbocycles. The zero-order valence-electron chi connectivity index (χ0n) is 10.7. The smallest absolute Gasteiger partial charge is 0.0821 e. The lowest BCUT2D eigenvalue weighted by atomic mass is 9.73. The molecular formula is C15H20Br2O. The Balaban J connectivity index is 2.18. The minimum Gasteiger partial charge on any atom is -0.388 e. The number of hydrogen-bond acceptors (Lipinski definition) is 1. The van der Waals surface area contributed by atoms with E-state index in [0.29, 0.717) is 11.8 Å². The SMILES string of the molecule is CCC1CCCCC1C(O)c1ccc(Br)c(Br)c1. The van der Waals surface area contributed by atoms with Gasteiger partial charge in [-0.05, 0) is 67.8 Å². The third kappa shape index (κ3) is 3.17. The topological polar surface area (TPSA) is 20.2 Å². The lowest BCUT2D eigenvalue weighted by Crippen LogP contribution is -2.25. The van der Waals surface area contributed by atoms with Crippen LogP contribution in [-0.2, 0) is 0 Å². The van der Waals surface area contributed by atoms with E-state index in [4.69, 9.17) is 0 Å². The van der Waals surface area contributed by atoms with Gasteiger partial charge in [-0.1, -0.05) is 38.7 Å². The van der Waals surface area contributed by atoms with Crippen LogP contribution in [0.5, 0.6) is 0 Å². The van der Waals surface area contributed by atoms with Gasteiger partial charge in [-0.3, -0.25) is 0 Å². The average molecular weight is 376 g/mol. The van der Waals surface area contributed by atoms with Crippen molar-refractivity contribution in [2.75, 3.05) is 0 Å². The number of rotatable bonds is 3. The number of halogens is 2. The summed E-state index contributed by atoms with van der Waals surface area (Å²) in [6.45, 7) is 2.24. The fraction of sp³-hybridized carbons (Fsp3) is 0.600. The molecule has 2 rings (SSSR count). The van der Waals surface area contributed by atoms with Gasteiger partial charge in [-0.15, -0.1) is 0 Å². The highest BCUT2D eigenvalue weighted by Gasteiger charge is 2.30. The van der Waals surface area contributed by atoms with E-state index in [-0.39, 0.29) is 6.10 Å². The highest BCUT2D eigenvalue weighted by atomic mass is 79.9. The lowest BCUT2D eigenvalue weighted by molar-refractivity contribution is 0.0451. The minimum absolute atomic E-state index is 0.320. The number of hydrogen-bond donors (Lipinski definition) is 1. The molecule has 0 amide bonds. The van der Waals surface area contributed by atoms with Crippen molar-refractivity contribution < 1.29 is 5.11 Å². The second-order valence-corrected chi connectivity index (χ2v) is 6.94. The summed E-state index contributed by atoms with van der Waals surface area (Å²) in [4.78, 5) is 0. The molecule has 0 aliphatic heterocycles. The molecule has 1 fully saturated rings. The number of aliphatic hydroxyl groups is 1. The summed E-state index contributed by atoms with van der Waals surface area (Å²) in [7, 11) is 0. The molecule has 1 aromatic carbocycles. The third-order valence-electron chi connectivity index (χ3n) is 4.18. The van der Waals surface area contributed by atoms with Gasteiger partial charge < -0.3 is 5.11 Å². The van der Waals surface area contributed by atoms with Crippen LogP contribution in [0.1, 0.15) is 50.7 Å². The fourth-order valence-corrected chi connectivity index (χ4v) is 3.75. The molecule has 0 saturated heterocycles. The van der Waals surface area contributed by atoms with Crippen LogP contribution >= 0.6 is 31.9 Å². The lowest BCUT2D eigenvalue weighted by Gasteiger charge is -2.34. The summed E-state index contributed by atoms with van der Waals surface area (Å²) in [5.41, 5.74) is 1.04. The second kappa shape index (κ2) is 6.53. The van der Waals surface area contributed by atoms with Gasteiger partial charge in [0.05, 0.1) is 6.10 Å². The van der Waals surface area contributed by atoms with E-state index in [9.17, 15) is 5.11 Å². The number of benzene rings is 1. The largest absolute Gasteiger partial charge is 0.388 e. The van der Waals surface area contributed by atoms with Crippen molar-refractivity contribution in [3.05, 3.63) is 32.7 Å². The highest BCUT2D eigenvalue weighted by molar-refractivity contribution is 9.13. The van der Waals surface area contributed by atoms with E-state index in [2.05, 4.69) is 38.8 Å². The van der Waals surface area contributed by atoms with Crippen LogP contribution in [0.15, 0.2) is 27.1 Å². The first-order valence-electron chi connectivity index (χ1n) is 6.76. The monoisotopic (exact) mass is 374 g/mol. The normalized spacial score (nSPS) is 26.0. The molecule has 1 N–H and O–H groups in total. The second-order valence-electron chi connectivity index (χ2n) is 5.24. The standard InChI is InChI=1S/C15H20Br2O/c1-2-10-5-3-4-6-12(10)15(18)11-7-8-13(16)14(17)9-11/h7-10,12,15,18H,2-6H2,1H3. The van der Waals surface area contributed by atoms with Crippen molar-refractivity contribution in [3.63, 3.8) is 0 Å². The Bertz CT molecular complexity index is 405. The Labute approximate surface area is 126 Å². The fourth-order valence-electron chi connectivity index (χ4n) is 3.10. The summed E-state index contributed by atoms with van der Waals surface area (Å²) >= 11 is 6.98. The zero-order chi connectivity index (χ0) is 13.1. The van der Waals surface area contributed by atoms with Crippen molar-refractivity contribution >= 4 is 31.9 Å². The molecular weight excluding hydrogens is 356 g/mol. The summed E-state index contributed by atoms with van der Waals surface area (Å²) in [6.07, 6.45) is 5.88. The predicted molar refractivity (Wildman–Crippen MR) is 82.5 cm³/mol. The molecule has 3 atom stereocenters. The summed E-state index contributed by atoms with van der Waals surface area (Å²) in [5, 5.41) is 10.6. The molecule has 0 aromatic heterocycles. The van der Waals surface area contributed by atoms with Crippen LogP contribution in [0, 0.1) is 11.8 Å². The molecule has 0 bridgehead atoms. The summed E-state index contributed by atoms with van der Waals surface area (Å²) in [5.74, 6) is 1.10. The molecule has 3 heteroatoms. The van der Waals surface area contributed by atoms with Crippen molar-refractivity contribution in [3.8, 4) is 0 Å². The van der Waals surface area contributed by atoms with Crippen molar-refractivity contribution in [2.45, 2.75) is 45.1 Å². The van der Waals surface area contributed by atoms with Crippen LogP contribution in [0.4, 0.5) is 0 Å². The maximum atomic E-state index is 10.6. The maximum absolute atomic E-state index is 10.6. The molecule has 0 radical (unpaired) electrons. The van der Waals surface area contributed by atoms with Crippen LogP contribution in [0.3, 0.4) is 0 Å².